The predicted octanol–water partition coefficient (Wildman–Crippen LogP) is 3.71. The molecule has 1 unspecified atom stereocenters. The molecule has 2 aromatic rings. The monoisotopic (exact) mass is 260 g/mol. The molecule has 2 nitrogen and oxygen atoms in total. The molecule has 92 valence electrons. The van der Waals surface area contributed by atoms with Crippen LogP contribution in [0.3, 0.4) is 0 Å². The van der Waals surface area contributed by atoms with E-state index in [4.69, 9.17) is 16.3 Å². The fourth-order valence-electron chi connectivity index (χ4n) is 1.59. The van der Waals surface area contributed by atoms with Crippen molar-refractivity contribution in [2.45, 2.75) is 12.0 Å². The molecule has 0 aliphatic carbocycles. The van der Waals surface area contributed by atoms with Crippen LogP contribution in [0.5, 0.6) is 0 Å². The summed E-state index contributed by atoms with van der Waals surface area (Å²) in [4.78, 5) is 11.7. The number of benzene rings is 2. The summed E-state index contributed by atoms with van der Waals surface area (Å²) in [6.07, 6.45) is 0.233. The van der Waals surface area contributed by atoms with Crippen molar-refractivity contribution in [3.05, 3.63) is 71.8 Å². The van der Waals surface area contributed by atoms with Crippen molar-refractivity contribution in [2.24, 2.45) is 0 Å². The van der Waals surface area contributed by atoms with E-state index in [1.807, 2.05) is 60.7 Å². The van der Waals surface area contributed by atoms with Gasteiger partial charge in [0.2, 0.25) is 5.56 Å². The fourth-order valence-corrected chi connectivity index (χ4v) is 1.84. The van der Waals surface area contributed by atoms with Crippen LogP contribution in [0, 0.1) is 0 Å². The number of ether oxygens (including phenoxy) is 1. The van der Waals surface area contributed by atoms with Crippen molar-refractivity contribution in [3.8, 4) is 0 Å². The first-order valence-corrected chi connectivity index (χ1v) is 6.12. The van der Waals surface area contributed by atoms with E-state index in [1.165, 1.54) is 0 Å². The Morgan fingerprint density at radius 2 is 1.56 bits per heavy atom. The molecule has 0 amide bonds. The molecular weight excluding hydrogens is 248 g/mol. The highest BCUT2D eigenvalue weighted by atomic mass is 35.5. The van der Waals surface area contributed by atoms with Crippen LogP contribution >= 0.6 is 11.6 Å². The van der Waals surface area contributed by atoms with E-state index in [-0.39, 0.29) is 12.4 Å². The van der Waals surface area contributed by atoms with E-state index >= 15 is 0 Å². The molecule has 0 aromatic heterocycles. The maximum absolute atomic E-state index is 11.7. The number of rotatable bonds is 4. The Morgan fingerprint density at radius 1 is 1.00 bits per heavy atom. The second kappa shape index (κ2) is 6.22. The molecule has 0 heterocycles. The zero-order valence-corrected chi connectivity index (χ0v) is 10.5. The van der Waals surface area contributed by atoms with Crippen LogP contribution in [0.2, 0.25) is 0 Å². The van der Waals surface area contributed by atoms with Crippen LogP contribution in [-0.4, -0.2) is 5.97 Å². The molecule has 0 bridgehead atoms. The van der Waals surface area contributed by atoms with Crippen molar-refractivity contribution >= 4 is 17.6 Å². The van der Waals surface area contributed by atoms with E-state index in [0.717, 1.165) is 11.1 Å². The molecule has 0 spiro atoms. The molecule has 0 fully saturated rings. The number of carbonyl (C=O) groups is 1. The normalized spacial score (nSPS) is 11.8. The molecule has 2 aromatic carbocycles. The summed E-state index contributed by atoms with van der Waals surface area (Å²) >= 11 is 6.02. The molecular formula is C15H13ClO2. The molecule has 0 aliphatic rings. The number of alkyl halides is 1. The minimum Gasteiger partial charge on any atom is -0.441 e. The van der Waals surface area contributed by atoms with Crippen LogP contribution in [0.4, 0.5) is 0 Å². The van der Waals surface area contributed by atoms with Crippen molar-refractivity contribution < 1.29 is 9.53 Å². The van der Waals surface area contributed by atoms with Gasteiger partial charge in [0.25, 0.3) is 0 Å². The van der Waals surface area contributed by atoms with Crippen LogP contribution in [-0.2, 0) is 16.0 Å². The Kier molecular flexibility index (Phi) is 4.37. The average molecular weight is 261 g/mol. The Morgan fingerprint density at radius 3 is 2.17 bits per heavy atom. The summed E-state index contributed by atoms with van der Waals surface area (Å²) < 4.78 is 5.17. The fraction of sp³-hybridized carbons (Fsp3) is 0.133. The molecule has 3 heteroatoms. The lowest BCUT2D eigenvalue weighted by atomic mass is 10.1. The number of esters is 1. The number of halogens is 1. The maximum atomic E-state index is 11.7. The van der Waals surface area contributed by atoms with E-state index in [0.29, 0.717) is 0 Å². The van der Waals surface area contributed by atoms with Gasteiger partial charge in [-0.25, -0.2) is 0 Å². The number of hydrogen-bond donors (Lipinski definition) is 0. The molecule has 0 saturated carbocycles. The largest absolute Gasteiger partial charge is 0.441 e. The highest BCUT2D eigenvalue weighted by Crippen LogP contribution is 2.21. The van der Waals surface area contributed by atoms with Gasteiger partial charge in [0.15, 0.2) is 0 Å². The van der Waals surface area contributed by atoms with Gasteiger partial charge >= 0.3 is 5.97 Å². The van der Waals surface area contributed by atoms with Gasteiger partial charge in [0, 0.05) is 5.56 Å². The molecule has 0 aliphatic heterocycles. The summed E-state index contributed by atoms with van der Waals surface area (Å²) in [6, 6.07) is 18.7. The van der Waals surface area contributed by atoms with Gasteiger partial charge in [0.1, 0.15) is 0 Å². The zero-order valence-electron chi connectivity index (χ0n) is 9.75. The molecule has 0 radical (unpaired) electrons. The highest BCUT2D eigenvalue weighted by Gasteiger charge is 2.13. The summed E-state index contributed by atoms with van der Waals surface area (Å²) in [7, 11) is 0. The maximum Gasteiger partial charge on any atom is 0.312 e. The van der Waals surface area contributed by atoms with Crippen molar-refractivity contribution in [3.63, 3.8) is 0 Å². The Bertz CT molecular complexity index is 496. The molecule has 0 N–H and O–H groups in total. The summed E-state index contributed by atoms with van der Waals surface area (Å²) in [5.74, 6) is -0.329. The third-order valence-electron chi connectivity index (χ3n) is 2.49. The minimum absolute atomic E-state index is 0.233. The predicted molar refractivity (Wildman–Crippen MR) is 71.3 cm³/mol. The topological polar surface area (TPSA) is 26.3 Å². The first-order chi connectivity index (χ1) is 8.75. The zero-order chi connectivity index (χ0) is 12.8. The summed E-state index contributed by atoms with van der Waals surface area (Å²) in [5.41, 5.74) is 0.961. The summed E-state index contributed by atoms with van der Waals surface area (Å²) in [5, 5.41) is 0. The van der Waals surface area contributed by atoms with Gasteiger partial charge < -0.3 is 4.74 Å². The van der Waals surface area contributed by atoms with Gasteiger partial charge in [-0.3, -0.25) is 4.79 Å². The summed E-state index contributed by atoms with van der Waals surface area (Å²) in [6.45, 7) is 0. The van der Waals surface area contributed by atoms with Gasteiger partial charge in [-0.05, 0) is 5.56 Å². The third kappa shape index (κ3) is 3.60. The van der Waals surface area contributed by atoms with Crippen LogP contribution in [0.25, 0.3) is 0 Å². The van der Waals surface area contributed by atoms with E-state index in [9.17, 15) is 4.79 Å². The van der Waals surface area contributed by atoms with E-state index in [2.05, 4.69) is 0 Å². The van der Waals surface area contributed by atoms with Gasteiger partial charge in [-0.2, -0.15) is 0 Å². The minimum atomic E-state index is -0.734. The van der Waals surface area contributed by atoms with Crippen molar-refractivity contribution in [1.82, 2.24) is 0 Å². The lowest BCUT2D eigenvalue weighted by molar-refractivity contribution is -0.144. The molecule has 18 heavy (non-hydrogen) atoms. The van der Waals surface area contributed by atoms with Crippen LogP contribution in [0.1, 0.15) is 16.7 Å². The lowest BCUT2D eigenvalue weighted by Crippen LogP contribution is -2.10. The quantitative estimate of drug-likeness (QED) is 0.619. The third-order valence-corrected chi connectivity index (χ3v) is 2.83. The van der Waals surface area contributed by atoms with Crippen molar-refractivity contribution in [1.29, 1.82) is 0 Å². The van der Waals surface area contributed by atoms with Gasteiger partial charge in [-0.15, -0.1) is 0 Å². The molecule has 0 saturated heterocycles. The number of carbonyl (C=O) groups excluding carboxylic acids is 1. The van der Waals surface area contributed by atoms with Crippen LogP contribution < -0.4 is 0 Å². The second-order valence-corrected chi connectivity index (χ2v) is 4.28. The van der Waals surface area contributed by atoms with Gasteiger partial charge in [0.05, 0.1) is 6.42 Å². The average Bonchev–Trinajstić information content (AvgIpc) is 2.40. The Balaban J connectivity index is 1.92. The lowest BCUT2D eigenvalue weighted by Gasteiger charge is -2.11. The van der Waals surface area contributed by atoms with Crippen LogP contribution in [0.15, 0.2) is 60.7 Å². The molecule has 2 rings (SSSR count). The van der Waals surface area contributed by atoms with Gasteiger partial charge in [-0.1, -0.05) is 72.3 Å². The van der Waals surface area contributed by atoms with E-state index in [1.54, 1.807) is 0 Å². The molecule has 1 atom stereocenters. The Labute approximate surface area is 111 Å². The Hall–Kier alpha value is -1.80. The first-order valence-electron chi connectivity index (χ1n) is 5.68. The number of hydrogen-bond acceptors (Lipinski definition) is 2. The van der Waals surface area contributed by atoms with E-state index < -0.39 is 5.56 Å². The highest BCUT2D eigenvalue weighted by molar-refractivity contribution is 6.20. The second-order valence-electron chi connectivity index (χ2n) is 3.88. The first kappa shape index (κ1) is 12.7. The van der Waals surface area contributed by atoms with Crippen molar-refractivity contribution in [2.75, 3.05) is 0 Å². The SMILES string of the molecule is O=C(Cc1ccccc1)OC(Cl)c1ccccc1. The standard InChI is InChI=1S/C15H13ClO2/c16-15(13-9-5-2-6-10-13)18-14(17)11-12-7-3-1-4-8-12/h1-10,15H,11H2. The smallest absolute Gasteiger partial charge is 0.312 e.